The van der Waals surface area contributed by atoms with Crippen molar-refractivity contribution >= 4 is 0 Å². The first-order valence-electron chi connectivity index (χ1n) is 6.89. The fourth-order valence-electron chi connectivity index (χ4n) is 2.25. The first kappa shape index (κ1) is 14.5. The summed E-state index contributed by atoms with van der Waals surface area (Å²) in [6, 6.07) is 1.94. The van der Waals surface area contributed by atoms with Crippen LogP contribution < -0.4 is 10.1 Å². The summed E-state index contributed by atoms with van der Waals surface area (Å²) in [5.41, 5.74) is 3.24. The van der Waals surface area contributed by atoms with Crippen LogP contribution in [0.4, 0.5) is 0 Å². The number of hydrogen-bond donors (Lipinski definition) is 1. The van der Waals surface area contributed by atoms with E-state index < -0.39 is 0 Å². The lowest BCUT2D eigenvalue weighted by Crippen LogP contribution is -2.18. The van der Waals surface area contributed by atoms with Crippen molar-refractivity contribution in [2.75, 3.05) is 13.7 Å². The molecule has 0 aliphatic rings. The van der Waals surface area contributed by atoms with Gasteiger partial charge in [-0.1, -0.05) is 0 Å². The van der Waals surface area contributed by atoms with Crippen molar-refractivity contribution in [3.05, 3.63) is 41.5 Å². The number of aromatic nitrogens is 3. The maximum atomic E-state index is 5.41. The molecule has 0 radical (unpaired) electrons. The molecule has 0 spiro atoms. The Morgan fingerprint density at radius 2 is 2.20 bits per heavy atom. The average molecular weight is 274 g/mol. The average Bonchev–Trinajstić information content (AvgIpc) is 2.94. The first-order chi connectivity index (χ1) is 9.72. The van der Waals surface area contributed by atoms with Crippen LogP contribution in [0.15, 0.2) is 24.7 Å². The summed E-state index contributed by atoms with van der Waals surface area (Å²) in [5.74, 6) is 0.938. The SMILES string of the molecule is COc1c(C)cnc(CNCCCn2cccn2)c1C. The van der Waals surface area contributed by atoms with Crippen LogP contribution in [0.3, 0.4) is 0 Å². The van der Waals surface area contributed by atoms with E-state index in [0.29, 0.717) is 0 Å². The predicted molar refractivity (Wildman–Crippen MR) is 78.8 cm³/mol. The zero-order valence-electron chi connectivity index (χ0n) is 12.4. The van der Waals surface area contributed by atoms with E-state index in [0.717, 1.165) is 48.6 Å². The molecular weight excluding hydrogens is 252 g/mol. The Balaban J connectivity index is 1.79. The van der Waals surface area contributed by atoms with Crippen LogP contribution in [0, 0.1) is 13.8 Å². The van der Waals surface area contributed by atoms with Crippen LogP contribution in [-0.4, -0.2) is 28.4 Å². The van der Waals surface area contributed by atoms with Crippen LogP contribution in [0.25, 0.3) is 0 Å². The lowest BCUT2D eigenvalue weighted by molar-refractivity contribution is 0.406. The van der Waals surface area contributed by atoms with Crippen molar-refractivity contribution in [2.24, 2.45) is 0 Å². The fourth-order valence-corrected chi connectivity index (χ4v) is 2.25. The molecule has 2 aromatic heterocycles. The Bertz CT molecular complexity index is 537. The summed E-state index contributed by atoms with van der Waals surface area (Å²) in [6.07, 6.45) is 6.70. The lowest BCUT2D eigenvalue weighted by Gasteiger charge is -2.12. The van der Waals surface area contributed by atoms with E-state index in [1.807, 2.05) is 30.1 Å². The minimum Gasteiger partial charge on any atom is -0.496 e. The van der Waals surface area contributed by atoms with Gasteiger partial charge in [-0.3, -0.25) is 9.67 Å². The molecule has 0 saturated heterocycles. The summed E-state index contributed by atoms with van der Waals surface area (Å²) >= 11 is 0. The van der Waals surface area contributed by atoms with Crippen LogP contribution in [0.5, 0.6) is 5.75 Å². The molecule has 0 fully saturated rings. The van der Waals surface area contributed by atoms with E-state index in [2.05, 4.69) is 22.3 Å². The fraction of sp³-hybridized carbons (Fsp3) is 0.467. The normalized spacial score (nSPS) is 10.8. The van der Waals surface area contributed by atoms with Gasteiger partial charge in [-0.15, -0.1) is 0 Å². The Labute approximate surface area is 120 Å². The highest BCUT2D eigenvalue weighted by Gasteiger charge is 2.08. The molecule has 0 aliphatic heterocycles. The summed E-state index contributed by atoms with van der Waals surface area (Å²) < 4.78 is 7.36. The summed E-state index contributed by atoms with van der Waals surface area (Å²) in [5, 5.41) is 7.60. The highest BCUT2D eigenvalue weighted by Crippen LogP contribution is 2.23. The van der Waals surface area contributed by atoms with Gasteiger partial charge >= 0.3 is 0 Å². The van der Waals surface area contributed by atoms with Crippen LogP contribution in [0.2, 0.25) is 0 Å². The van der Waals surface area contributed by atoms with Gasteiger partial charge in [-0.2, -0.15) is 5.10 Å². The Kier molecular flexibility index (Phi) is 5.12. The first-order valence-corrected chi connectivity index (χ1v) is 6.89. The van der Waals surface area contributed by atoms with E-state index in [9.17, 15) is 0 Å². The number of rotatable bonds is 7. The Morgan fingerprint density at radius 3 is 2.90 bits per heavy atom. The van der Waals surface area contributed by atoms with Gasteiger partial charge in [0.25, 0.3) is 0 Å². The molecule has 0 unspecified atom stereocenters. The quantitative estimate of drug-likeness (QED) is 0.785. The predicted octanol–water partition coefficient (Wildman–Crippen LogP) is 2.08. The maximum Gasteiger partial charge on any atom is 0.128 e. The van der Waals surface area contributed by atoms with Crippen LogP contribution >= 0.6 is 0 Å². The monoisotopic (exact) mass is 274 g/mol. The second kappa shape index (κ2) is 7.05. The molecule has 0 atom stereocenters. The minimum atomic E-state index is 0.765. The van der Waals surface area contributed by atoms with E-state index >= 15 is 0 Å². The van der Waals surface area contributed by atoms with E-state index in [1.54, 1.807) is 13.3 Å². The molecular formula is C15H22N4O. The molecule has 0 amide bonds. The van der Waals surface area contributed by atoms with Crippen molar-refractivity contribution in [3.63, 3.8) is 0 Å². The van der Waals surface area contributed by atoms with E-state index in [-0.39, 0.29) is 0 Å². The largest absolute Gasteiger partial charge is 0.496 e. The number of methoxy groups -OCH3 is 1. The smallest absolute Gasteiger partial charge is 0.128 e. The zero-order valence-corrected chi connectivity index (χ0v) is 12.4. The van der Waals surface area contributed by atoms with Gasteiger partial charge in [0.05, 0.1) is 12.8 Å². The highest BCUT2D eigenvalue weighted by atomic mass is 16.5. The van der Waals surface area contributed by atoms with E-state index in [4.69, 9.17) is 4.74 Å². The van der Waals surface area contributed by atoms with Crippen molar-refractivity contribution in [3.8, 4) is 5.75 Å². The van der Waals surface area contributed by atoms with Gasteiger partial charge < -0.3 is 10.1 Å². The molecule has 0 bridgehead atoms. The molecule has 2 aromatic rings. The number of nitrogens with zero attached hydrogens (tertiary/aromatic N) is 3. The molecule has 2 heterocycles. The number of hydrogen-bond acceptors (Lipinski definition) is 4. The van der Waals surface area contributed by atoms with Crippen molar-refractivity contribution in [1.82, 2.24) is 20.1 Å². The number of aryl methyl sites for hydroxylation is 2. The molecule has 108 valence electrons. The molecule has 5 nitrogen and oxygen atoms in total. The summed E-state index contributed by atoms with van der Waals surface area (Å²) in [6.45, 7) is 6.71. The zero-order chi connectivity index (χ0) is 14.4. The maximum absolute atomic E-state index is 5.41. The van der Waals surface area contributed by atoms with Gasteiger partial charge in [0.15, 0.2) is 0 Å². The van der Waals surface area contributed by atoms with Gasteiger partial charge in [0.1, 0.15) is 5.75 Å². The Hall–Kier alpha value is -1.88. The van der Waals surface area contributed by atoms with Crippen molar-refractivity contribution < 1.29 is 4.74 Å². The molecule has 2 rings (SSSR count). The molecule has 0 saturated carbocycles. The molecule has 20 heavy (non-hydrogen) atoms. The third-order valence-electron chi connectivity index (χ3n) is 3.34. The second-order valence-corrected chi connectivity index (χ2v) is 4.85. The standard InChI is InChI=1S/C15H22N4O/c1-12-10-17-14(13(2)15(12)20-3)11-16-6-4-8-19-9-5-7-18-19/h5,7,9-10,16H,4,6,8,11H2,1-3H3. The van der Waals surface area contributed by atoms with Crippen molar-refractivity contribution in [2.45, 2.75) is 33.4 Å². The lowest BCUT2D eigenvalue weighted by atomic mass is 10.1. The second-order valence-electron chi connectivity index (χ2n) is 4.85. The van der Waals surface area contributed by atoms with Gasteiger partial charge in [-0.05, 0) is 32.9 Å². The molecule has 0 aromatic carbocycles. The van der Waals surface area contributed by atoms with Gasteiger partial charge in [-0.25, -0.2) is 0 Å². The van der Waals surface area contributed by atoms with Gasteiger partial charge in [0.2, 0.25) is 0 Å². The molecule has 1 N–H and O–H groups in total. The molecule has 5 heteroatoms. The van der Waals surface area contributed by atoms with Gasteiger partial charge in [0, 0.05) is 42.8 Å². The number of pyridine rings is 1. The van der Waals surface area contributed by atoms with Crippen LogP contribution in [0.1, 0.15) is 23.2 Å². The Morgan fingerprint density at radius 1 is 1.35 bits per heavy atom. The minimum absolute atomic E-state index is 0.765. The molecule has 0 aliphatic carbocycles. The topological polar surface area (TPSA) is 52.0 Å². The number of nitrogens with one attached hydrogen (secondary N) is 1. The van der Waals surface area contributed by atoms with Crippen LogP contribution in [-0.2, 0) is 13.1 Å². The summed E-state index contributed by atoms with van der Waals surface area (Å²) in [4.78, 5) is 4.47. The third-order valence-corrected chi connectivity index (χ3v) is 3.34. The van der Waals surface area contributed by atoms with Crippen molar-refractivity contribution in [1.29, 1.82) is 0 Å². The van der Waals surface area contributed by atoms with E-state index in [1.165, 1.54) is 0 Å². The summed E-state index contributed by atoms with van der Waals surface area (Å²) in [7, 11) is 1.70. The highest BCUT2D eigenvalue weighted by molar-refractivity contribution is 5.40. The number of ether oxygens (including phenoxy) is 1. The third kappa shape index (κ3) is 3.57.